The molecule has 0 spiro atoms. The zero-order valence-corrected chi connectivity index (χ0v) is 15.5. The number of halogens is 3. The number of carbonyl (C=O) groups excluding carboxylic acids is 1. The van der Waals surface area contributed by atoms with Crippen LogP contribution in [0.3, 0.4) is 0 Å². The third-order valence-electron chi connectivity index (χ3n) is 4.12. The van der Waals surface area contributed by atoms with Gasteiger partial charge < -0.3 is 10.1 Å². The van der Waals surface area contributed by atoms with Gasteiger partial charge in [-0.2, -0.15) is 13.2 Å². The molecule has 10 heteroatoms. The minimum Gasteiger partial charge on any atom is -0.436 e. The lowest BCUT2D eigenvalue weighted by molar-refractivity contribution is -0.137. The molecule has 0 fully saturated rings. The van der Waals surface area contributed by atoms with Gasteiger partial charge in [-0.25, -0.2) is 9.50 Å². The van der Waals surface area contributed by atoms with E-state index in [9.17, 15) is 18.0 Å². The molecule has 1 aromatic carbocycles. The number of aryl methyl sites for hydroxylation is 1. The van der Waals surface area contributed by atoms with Gasteiger partial charge in [-0.1, -0.05) is 7.43 Å². The number of aromatic nitrogens is 4. The maximum Gasteiger partial charge on any atom is 0.416 e. The second-order valence-corrected chi connectivity index (χ2v) is 6.37. The summed E-state index contributed by atoms with van der Waals surface area (Å²) in [6.45, 7) is 1.86. The molecule has 1 N–H and O–H groups in total. The smallest absolute Gasteiger partial charge is 0.416 e. The van der Waals surface area contributed by atoms with Crippen LogP contribution < -0.4 is 10.1 Å². The Kier molecular flexibility index (Phi) is 5.91. The highest BCUT2D eigenvalue weighted by atomic mass is 19.4. The maximum absolute atomic E-state index is 12.6. The molecule has 160 valence electrons. The summed E-state index contributed by atoms with van der Waals surface area (Å²) in [4.78, 5) is 20.6. The van der Waals surface area contributed by atoms with Gasteiger partial charge in [0, 0.05) is 17.3 Å². The molecule has 1 amide bonds. The van der Waals surface area contributed by atoms with Crippen molar-refractivity contribution in [2.75, 3.05) is 5.32 Å². The first-order chi connectivity index (χ1) is 14.3. The van der Waals surface area contributed by atoms with Crippen LogP contribution in [0.25, 0.3) is 5.65 Å². The molecule has 31 heavy (non-hydrogen) atoms. The zero-order chi connectivity index (χ0) is 21.3. The Bertz CT molecular complexity index is 1200. The van der Waals surface area contributed by atoms with Gasteiger partial charge in [-0.15, -0.1) is 5.10 Å². The first-order valence-electron chi connectivity index (χ1n) is 8.73. The summed E-state index contributed by atoms with van der Waals surface area (Å²) in [5.74, 6) is 0.422. The van der Waals surface area contributed by atoms with Crippen LogP contribution in [0.2, 0.25) is 0 Å². The zero-order valence-electron chi connectivity index (χ0n) is 15.5. The molecule has 0 aliphatic rings. The summed E-state index contributed by atoms with van der Waals surface area (Å²) in [6.07, 6.45) is -1.42. The van der Waals surface area contributed by atoms with Crippen molar-refractivity contribution >= 4 is 17.4 Å². The second kappa shape index (κ2) is 8.42. The molecule has 4 rings (SSSR count). The van der Waals surface area contributed by atoms with E-state index in [0.717, 1.165) is 30.0 Å². The summed E-state index contributed by atoms with van der Waals surface area (Å²) in [6, 6.07) is 10.7. The highest BCUT2D eigenvalue weighted by molar-refractivity contribution is 6.03. The molecule has 3 heterocycles. The number of rotatable bonds is 4. The Hall–Kier alpha value is -3.95. The van der Waals surface area contributed by atoms with Crippen molar-refractivity contribution in [2.24, 2.45) is 0 Å². The summed E-state index contributed by atoms with van der Waals surface area (Å²) < 4.78 is 45.0. The van der Waals surface area contributed by atoms with E-state index in [1.54, 1.807) is 30.5 Å². The van der Waals surface area contributed by atoms with Gasteiger partial charge in [0.2, 0.25) is 5.88 Å². The molecule has 0 aliphatic carbocycles. The topological polar surface area (TPSA) is 81.4 Å². The number of nitrogens with zero attached hydrogens (tertiary/aromatic N) is 4. The molecule has 0 aliphatic heterocycles. The predicted octanol–water partition coefficient (Wildman–Crippen LogP) is 5.13. The molecule has 3 aromatic heterocycles. The van der Waals surface area contributed by atoms with Crippen LogP contribution >= 0.6 is 0 Å². The van der Waals surface area contributed by atoms with E-state index in [1.165, 1.54) is 10.7 Å². The monoisotopic (exact) mass is 429 g/mol. The SMILES string of the molecule is C.Cc1ccc(Oc2ccc3nc(NC(=O)c4ccc(C(F)(F)F)cc4)cn3n2)cn1. The van der Waals surface area contributed by atoms with Crippen molar-refractivity contribution in [1.29, 1.82) is 0 Å². The lowest BCUT2D eigenvalue weighted by atomic mass is 10.1. The molecule has 0 saturated heterocycles. The van der Waals surface area contributed by atoms with Crippen LogP contribution in [-0.4, -0.2) is 25.5 Å². The van der Waals surface area contributed by atoms with Crippen molar-refractivity contribution < 1.29 is 22.7 Å². The van der Waals surface area contributed by atoms with Gasteiger partial charge in [0.05, 0.1) is 18.0 Å². The highest BCUT2D eigenvalue weighted by Crippen LogP contribution is 2.29. The van der Waals surface area contributed by atoms with Gasteiger partial charge in [-0.05, 0) is 49.4 Å². The highest BCUT2D eigenvalue weighted by Gasteiger charge is 2.30. The summed E-state index contributed by atoms with van der Waals surface area (Å²) >= 11 is 0. The van der Waals surface area contributed by atoms with Crippen LogP contribution in [0, 0.1) is 6.92 Å². The standard InChI is InChI=1S/C20H14F3N5O2.CH4/c1-12-2-7-15(10-24-12)30-18-9-8-17-25-16(11-28(17)27-18)26-19(29)13-3-5-14(6-4-13)20(21,22)23;/h2-11H,1H3,(H,26,29);1H4. The molecule has 0 radical (unpaired) electrons. The molecule has 7 nitrogen and oxygen atoms in total. The van der Waals surface area contributed by atoms with E-state index in [4.69, 9.17) is 4.74 Å². The third kappa shape index (κ3) is 4.97. The summed E-state index contributed by atoms with van der Waals surface area (Å²) in [5, 5.41) is 6.80. The molecule has 4 aromatic rings. The Balaban J connectivity index is 0.00000272. The maximum atomic E-state index is 12.6. The van der Waals surface area contributed by atoms with E-state index in [1.807, 2.05) is 6.92 Å². The van der Waals surface area contributed by atoms with Crippen LogP contribution in [-0.2, 0) is 6.18 Å². The lowest BCUT2D eigenvalue weighted by Crippen LogP contribution is -2.13. The number of hydrogen-bond donors (Lipinski definition) is 1. The summed E-state index contributed by atoms with van der Waals surface area (Å²) in [5.41, 5.74) is 0.553. The number of benzene rings is 1. The quantitative estimate of drug-likeness (QED) is 0.486. The number of fused-ring (bicyclic) bond motifs is 1. The van der Waals surface area contributed by atoms with Gasteiger partial charge in [-0.3, -0.25) is 9.78 Å². The number of alkyl halides is 3. The molecule has 0 saturated carbocycles. The van der Waals surface area contributed by atoms with Crippen LogP contribution in [0.4, 0.5) is 19.0 Å². The fourth-order valence-corrected chi connectivity index (χ4v) is 2.61. The Morgan fingerprint density at radius 2 is 1.81 bits per heavy atom. The number of nitrogens with one attached hydrogen (secondary N) is 1. The van der Waals surface area contributed by atoms with Crippen molar-refractivity contribution in [3.63, 3.8) is 0 Å². The normalized spacial score (nSPS) is 11.1. The van der Waals surface area contributed by atoms with Crippen LogP contribution in [0.5, 0.6) is 11.6 Å². The number of hydrogen-bond acceptors (Lipinski definition) is 5. The van der Waals surface area contributed by atoms with Gasteiger partial charge in [0.15, 0.2) is 11.5 Å². The first-order valence-corrected chi connectivity index (χ1v) is 8.73. The van der Waals surface area contributed by atoms with Crippen LogP contribution in [0.15, 0.2) is 60.9 Å². The minimum atomic E-state index is -4.46. The lowest BCUT2D eigenvalue weighted by Gasteiger charge is -2.07. The number of pyridine rings is 1. The molecule has 0 atom stereocenters. The van der Waals surface area contributed by atoms with E-state index < -0.39 is 17.6 Å². The van der Waals surface area contributed by atoms with E-state index in [0.29, 0.717) is 17.3 Å². The fourth-order valence-electron chi connectivity index (χ4n) is 2.61. The summed E-state index contributed by atoms with van der Waals surface area (Å²) in [7, 11) is 0. The predicted molar refractivity (Wildman–Crippen MR) is 108 cm³/mol. The average molecular weight is 429 g/mol. The second-order valence-electron chi connectivity index (χ2n) is 6.37. The van der Waals surface area contributed by atoms with E-state index >= 15 is 0 Å². The van der Waals surface area contributed by atoms with Crippen LogP contribution in [0.1, 0.15) is 29.0 Å². The number of anilines is 1. The van der Waals surface area contributed by atoms with Gasteiger partial charge in [0.1, 0.15) is 5.75 Å². The van der Waals surface area contributed by atoms with Crippen molar-refractivity contribution in [3.8, 4) is 11.6 Å². The Morgan fingerprint density at radius 1 is 1.06 bits per heavy atom. The molecular formula is C21H18F3N5O2. The third-order valence-corrected chi connectivity index (χ3v) is 4.12. The van der Waals surface area contributed by atoms with E-state index in [-0.39, 0.29) is 18.8 Å². The number of carbonyl (C=O) groups is 1. The fraction of sp³-hybridized carbons (Fsp3) is 0.143. The number of amides is 1. The average Bonchev–Trinajstić information content (AvgIpc) is 3.10. The molecule has 0 unspecified atom stereocenters. The number of imidazole rings is 1. The van der Waals surface area contributed by atoms with E-state index in [2.05, 4.69) is 20.4 Å². The van der Waals surface area contributed by atoms with Crippen molar-refractivity contribution in [1.82, 2.24) is 19.6 Å². The van der Waals surface area contributed by atoms with Gasteiger partial charge in [0.25, 0.3) is 5.91 Å². The molecular weight excluding hydrogens is 411 g/mol. The first kappa shape index (κ1) is 21.8. The van der Waals surface area contributed by atoms with Crippen molar-refractivity contribution in [3.05, 3.63) is 77.7 Å². The minimum absolute atomic E-state index is 0. The van der Waals surface area contributed by atoms with Gasteiger partial charge >= 0.3 is 6.18 Å². The number of ether oxygens (including phenoxy) is 1. The Labute approximate surface area is 175 Å². The largest absolute Gasteiger partial charge is 0.436 e. The van der Waals surface area contributed by atoms with Crippen molar-refractivity contribution in [2.45, 2.75) is 20.5 Å². The Morgan fingerprint density at radius 3 is 2.45 bits per heavy atom. The molecule has 0 bridgehead atoms.